The highest BCUT2D eigenvalue weighted by Crippen LogP contribution is 2.19. The summed E-state index contributed by atoms with van der Waals surface area (Å²) < 4.78 is 0. The molecule has 1 saturated heterocycles. The molecule has 0 saturated carbocycles. The van der Waals surface area contributed by atoms with Gasteiger partial charge in [0.25, 0.3) is 0 Å². The topological polar surface area (TPSA) is 41.1 Å². The minimum Gasteiger partial charge on any atom is -0.353 e. The van der Waals surface area contributed by atoms with Gasteiger partial charge in [-0.15, -0.1) is 0 Å². The van der Waals surface area contributed by atoms with Crippen LogP contribution in [0.1, 0.15) is 53.4 Å². The fraction of sp³-hybridized carbons (Fsp3) is 0.929. The lowest BCUT2D eigenvalue weighted by Crippen LogP contribution is -2.46. The lowest BCUT2D eigenvalue weighted by Gasteiger charge is -2.29. The number of hydrogen-bond donors (Lipinski definition) is 2. The van der Waals surface area contributed by atoms with E-state index in [0.29, 0.717) is 30.3 Å². The van der Waals surface area contributed by atoms with Crippen LogP contribution in [-0.4, -0.2) is 24.5 Å². The van der Waals surface area contributed by atoms with Crippen LogP contribution in [0.25, 0.3) is 0 Å². The van der Waals surface area contributed by atoms with Crippen LogP contribution in [0.15, 0.2) is 0 Å². The van der Waals surface area contributed by atoms with Crippen LogP contribution in [0.4, 0.5) is 0 Å². The van der Waals surface area contributed by atoms with E-state index in [-0.39, 0.29) is 5.91 Å². The normalized spacial score (nSPS) is 26.9. The zero-order chi connectivity index (χ0) is 12.8. The van der Waals surface area contributed by atoms with Crippen molar-refractivity contribution in [2.45, 2.75) is 65.5 Å². The van der Waals surface area contributed by atoms with E-state index in [1.807, 2.05) is 0 Å². The molecule has 17 heavy (non-hydrogen) atoms. The Bertz CT molecular complexity index is 240. The standard InChI is InChI=1S/C14H28N2O/c1-5-12(10(2)3)9-14(17)16-13-6-7-15-11(4)8-13/h10-13,15H,5-9H2,1-4H3,(H,16,17). The molecule has 1 rings (SSSR count). The van der Waals surface area contributed by atoms with E-state index in [9.17, 15) is 4.79 Å². The Morgan fingerprint density at radius 2 is 2.18 bits per heavy atom. The molecular weight excluding hydrogens is 212 g/mol. The summed E-state index contributed by atoms with van der Waals surface area (Å²) in [5.41, 5.74) is 0. The van der Waals surface area contributed by atoms with Gasteiger partial charge in [0.05, 0.1) is 0 Å². The molecule has 100 valence electrons. The molecule has 3 heteroatoms. The third kappa shape index (κ3) is 5.07. The summed E-state index contributed by atoms with van der Waals surface area (Å²) in [6, 6.07) is 0.907. The van der Waals surface area contributed by atoms with E-state index in [1.165, 1.54) is 0 Å². The van der Waals surface area contributed by atoms with Crippen molar-refractivity contribution in [3.05, 3.63) is 0 Å². The van der Waals surface area contributed by atoms with Crippen LogP contribution >= 0.6 is 0 Å². The fourth-order valence-corrected chi connectivity index (χ4v) is 2.64. The maximum atomic E-state index is 12.0. The maximum Gasteiger partial charge on any atom is 0.220 e. The SMILES string of the molecule is CCC(CC(=O)NC1CCNC(C)C1)C(C)C. The zero-order valence-corrected chi connectivity index (χ0v) is 11.8. The summed E-state index contributed by atoms with van der Waals surface area (Å²) >= 11 is 0. The van der Waals surface area contributed by atoms with Crippen LogP contribution in [0.5, 0.6) is 0 Å². The average Bonchev–Trinajstić information content (AvgIpc) is 2.25. The number of rotatable bonds is 5. The molecule has 1 fully saturated rings. The highest BCUT2D eigenvalue weighted by molar-refractivity contribution is 5.76. The lowest BCUT2D eigenvalue weighted by molar-refractivity contribution is -0.123. The Labute approximate surface area is 106 Å². The molecule has 0 aromatic carbocycles. The molecule has 1 heterocycles. The Kier molecular flexibility index (Phi) is 5.96. The molecule has 0 bridgehead atoms. The molecule has 0 radical (unpaired) electrons. The minimum absolute atomic E-state index is 0.240. The molecule has 3 atom stereocenters. The lowest BCUT2D eigenvalue weighted by atomic mass is 9.89. The number of piperidine rings is 1. The predicted octanol–water partition coefficient (Wildman–Crippen LogP) is 2.32. The minimum atomic E-state index is 0.240. The number of carbonyl (C=O) groups excluding carboxylic acids is 1. The zero-order valence-electron chi connectivity index (χ0n) is 11.8. The second kappa shape index (κ2) is 7.00. The van der Waals surface area contributed by atoms with Gasteiger partial charge in [-0.3, -0.25) is 4.79 Å². The molecule has 3 unspecified atom stereocenters. The van der Waals surface area contributed by atoms with E-state index in [1.54, 1.807) is 0 Å². The summed E-state index contributed by atoms with van der Waals surface area (Å²) in [6.45, 7) is 9.78. The predicted molar refractivity (Wildman–Crippen MR) is 71.9 cm³/mol. The molecule has 2 N–H and O–H groups in total. The molecule has 0 aliphatic carbocycles. The van der Waals surface area contributed by atoms with E-state index in [4.69, 9.17) is 0 Å². The smallest absolute Gasteiger partial charge is 0.220 e. The molecule has 1 aliphatic rings. The van der Waals surface area contributed by atoms with Gasteiger partial charge >= 0.3 is 0 Å². The van der Waals surface area contributed by atoms with Crippen molar-refractivity contribution in [1.82, 2.24) is 10.6 Å². The molecule has 1 amide bonds. The van der Waals surface area contributed by atoms with Gasteiger partial charge < -0.3 is 10.6 Å². The quantitative estimate of drug-likeness (QED) is 0.774. The molecule has 0 spiro atoms. The van der Waals surface area contributed by atoms with E-state index in [0.717, 1.165) is 25.8 Å². The van der Waals surface area contributed by atoms with Gasteiger partial charge in [0.1, 0.15) is 0 Å². The van der Waals surface area contributed by atoms with E-state index >= 15 is 0 Å². The van der Waals surface area contributed by atoms with E-state index < -0.39 is 0 Å². The summed E-state index contributed by atoms with van der Waals surface area (Å²) in [6.07, 6.45) is 3.90. The fourth-order valence-electron chi connectivity index (χ4n) is 2.64. The second-order valence-corrected chi connectivity index (χ2v) is 5.76. The molecular formula is C14H28N2O. The number of carbonyl (C=O) groups is 1. The van der Waals surface area contributed by atoms with Gasteiger partial charge in [0.2, 0.25) is 5.91 Å². The van der Waals surface area contributed by atoms with Gasteiger partial charge in [0.15, 0.2) is 0 Å². The van der Waals surface area contributed by atoms with Gasteiger partial charge in [-0.05, 0) is 38.1 Å². The second-order valence-electron chi connectivity index (χ2n) is 5.76. The van der Waals surface area contributed by atoms with Crippen molar-refractivity contribution in [3.63, 3.8) is 0 Å². The summed E-state index contributed by atoms with van der Waals surface area (Å²) in [7, 11) is 0. The van der Waals surface area contributed by atoms with Gasteiger partial charge in [-0.1, -0.05) is 27.2 Å². The maximum absolute atomic E-state index is 12.0. The first-order chi connectivity index (χ1) is 8.02. The van der Waals surface area contributed by atoms with Crippen molar-refractivity contribution in [2.75, 3.05) is 6.54 Å². The number of nitrogens with one attached hydrogen (secondary N) is 2. The van der Waals surface area contributed by atoms with E-state index in [2.05, 4.69) is 38.3 Å². The van der Waals surface area contributed by atoms with Gasteiger partial charge in [-0.25, -0.2) is 0 Å². The van der Waals surface area contributed by atoms with Crippen LogP contribution < -0.4 is 10.6 Å². The molecule has 0 aromatic rings. The monoisotopic (exact) mass is 240 g/mol. The summed E-state index contributed by atoms with van der Waals surface area (Å²) in [5, 5.41) is 6.59. The van der Waals surface area contributed by atoms with Crippen molar-refractivity contribution < 1.29 is 4.79 Å². The van der Waals surface area contributed by atoms with Crippen LogP contribution in [-0.2, 0) is 4.79 Å². The first-order valence-electron chi connectivity index (χ1n) is 7.05. The van der Waals surface area contributed by atoms with Crippen LogP contribution in [0.2, 0.25) is 0 Å². The third-order valence-corrected chi connectivity index (χ3v) is 3.90. The van der Waals surface area contributed by atoms with Crippen LogP contribution in [0, 0.1) is 11.8 Å². The third-order valence-electron chi connectivity index (χ3n) is 3.90. The van der Waals surface area contributed by atoms with Crippen LogP contribution in [0.3, 0.4) is 0 Å². The highest BCUT2D eigenvalue weighted by Gasteiger charge is 2.21. The van der Waals surface area contributed by atoms with Crippen molar-refractivity contribution in [2.24, 2.45) is 11.8 Å². The first kappa shape index (κ1) is 14.5. The Morgan fingerprint density at radius 1 is 1.47 bits per heavy atom. The Balaban J connectivity index is 2.33. The van der Waals surface area contributed by atoms with Gasteiger partial charge in [0, 0.05) is 18.5 Å². The van der Waals surface area contributed by atoms with Crippen molar-refractivity contribution >= 4 is 5.91 Å². The van der Waals surface area contributed by atoms with Gasteiger partial charge in [-0.2, -0.15) is 0 Å². The molecule has 3 nitrogen and oxygen atoms in total. The number of hydrogen-bond acceptors (Lipinski definition) is 2. The molecule has 1 aliphatic heterocycles. The number of amides is 1. The Hall–Kier alpha value is -0.570. The Morgan fingerprint density at radius 3 is 2.71 bits per heavy atom. The average molecular weight is 240 g/mol. The first-order valence-corrected chi connectivity index (χ1v) is 7.05. The van der Waals surface area contributed by atoms with Crippen molar-refractivity contribution in [1.29, 1.82) is 0 Å². The molecule has 0 aromatic heterocycles. The highest BCUT2D eigenvalue weighted by atomic mass is 16.1. The summed E-state index contributed by atoms with van der Waals surface area (Å²) in [5.74, 6) is 1.36. The van der Waals surface area contributed by atoms with Crippen molar-refractivity contribution in [3.8, 4) is 0 Å². The summed E-state index contributed by atoms with van der Waals surface area (Å²) in [4.78, 5) is 12.0. The largest absolute Gasteiger partial charge is 0.353 e.